The van der Waals surface area contributed by atoms with Crippen LogP contribution in [0.15, 0.2) is 42.6 Å². The van der Waals surface area contributed by atoms with E-state index in [9.17, 15) is 22.8 Å². The Bertz CT molecular complexity index is 1280. The van der Waals surface area contributed by atoms with E-state index in [4.69, 9.17) is 10.5 Å². The minimum Gasteiger partial charge on any atom is -0.467 e. The van der Waals surface area contributed by atoms with Gasteiger partial charge in [-0.3, -0.25) is 19.1 Å². The first-order chi connectivity index (χ1) is 14.6. The lowest BCUT2D eigenvalue weighted by Gasteiger charge is -2.09. The average molecular weight is 444 g/mol. The monoisotopic (exact) mass is 444 g/mol. The zero-order valence-electron chi connectivity index (χ0n) is 16.8. The maximum atomic E-state index is 12.6. The third-order valence-corrected chi connectivity index (χ3v) is 5.07. The van der Waals surface area contributed by atoms with Gasteiger partial charge in [0.05, 0.1) is 22.7 Å². The van der Waals surface area contributed by atoms with Crippen molar-refractivity contribution in [1.29, 1.82) is 0 Å². The third-order valence-electron chi connectivity index (χ3n) is 4.48. The summed E-state index contributed by atoms with van der Waals surface area (Å²) < 4.78 is 31.4. The number of hydrogen-bond donors (Lipinski definition) is 2. The molecule has 0 radical (unpaired) electrons. The minimum absolute atomic E-state index is 0.0186. The predicted molar refractivity (Wildman–Crippen MR) is 112 cm³/mol. The number of sulfonamides is 1. The van der Waals surface area contributed by atoms with Crippen molar-refractivity contribution in [1.82, 2.24) is 14.3 Å². The molecular formula is C20H20N4O6S. The Morgan fingerprint density at radius 3 is 2.45 bits per heavy atom. The summed E-state index contributed by atoms with van der Waals surface area (Å²) in [6.45, 7) is 1.40. The highest BCUT2D eigenvalue weighted by molar-refractivity contribution is 7.89. The van der Waals surface area contributed by atoms with Crippen LogP contribution in [-0.4, -0.2) is 48.4 Å². The van der Waals surface area contributed by atoms with Gasteiger partial charge in [0.15, 0.2) is 6.61 Å². The SMILES string of the molecule is Cc1c(C(=O)C(N)=O)c2c(OCC(=O)NS(C)(=O)=O)nccc2n1Cc1ccccc1. The van der Waals surface area contributed by atoms with Crippen LogP contribution in [-0.2, 0) is 26.2 Å². The van der Waals surface area contributed by atoms with Crippen LogP contribution in [0.5, 0.6) is 5.88 Å². The molecule has 2 amide bonds. The molecular weight excluding hydrogens is 424 g/mol. The van der Waals surface area contributed by atoms with Crippen molar-refractivity contribution < 1.29 is 27.5 Å². The van der Waals surface area contributed by atoms with Gasteiger partial charge in [0.2, 0.25) is 15.9 Å². The lowest BCUT2D eigenvalue weighted by atomic mass is 10.1. The Kier molecular flexibility index (Phi) is 6.07. The number of ether oxygens (including phenoxy) is 1. The fourth-order valence-electron chi connectivity index (χ4n) is 3.24. The molecule has 3 aromatic rings. The first-order valence-corrected chi connectivity index (χ1v) is 11.0. The molecule has 2 aromatic heterocycles. The molecule has 0 atom stereocenters. The molecule has 0 saturated carbocycles. The molecule has 0 aliphatic rings. The number of hydrogen-bond acceptors (Lipinski definition) is 7. The van der Waals surface area contributed by atoms with E-state index >= 15 is 0 Å². The summed E-state index contributed by atoms with van der Waals surface area (Å²) in [5.41, 5.74) is 7.23. The van der Waals surface area contributed by atoms with Crippen LogP contribution >= 0.6 is 0 Å². The number of primary amides is 1. The van der Waals surface area contributed by atoms with Crippen molar-refractivity contribution in [2.45, 2.75) is 13.5 Å². The van der Waals surface area contributed by atoms with Gasteiger partial charge in [0, 0.05) is 18.4 Å². The number of nitrogens with zero attached hydrogens (tertiary/aromatic N) is 2. The van der Waals surface area contributed by atoms with Gasteiger partial charge in [0.1, 0.15) is 0 Å². The van der Waals surface area contributed by atoms with Crippen molar-refractivity contribution in [3.05, 3.63) is 59.4 Å². The van der Waals surface area contributed by atoms with Gasteiger partial charge in [0.25, 0.3) is 17.6 Å². The van der Waals surface area contributed by atoms with Gasteiger partial charge < -0.3 is 15.0 Å². The van der Waals surface area contributed by atoms with Crippen molar-refractivity contribution in [2.75, 3.05) is 12.9 Å². The number of nitrogens with two attached hydrogens (primary N) is 1. The molecule has 162 valence electrons. The predicted octanol–water partition coefficient (Wildman–Crippen LogP) is 0.516. The van der Waals surface area contributed by atoms with E-state index < -0.39 is 34.2 Å². The average Bonchev–Trinajstić information content (AvgIpc) is 2.97. The van der Waals surface area contributed by atoms with E-state index in [1.165, 1.54) is 6.20 Å². The van der Waals surface area contributed by atoms with Crippen LogP contribution in [0.1, 0.15) is 21.6 Å². The second-order valence-electron chi connectivity index (χ2n) is 6.82. The number of carbonyl (C=O) groups excluding carboxylic acids is 3. The van der Waals surface area contributed by atoms with E-state index in [1.54, 1.807) is 17.7 Å². The number of aromatic nitrogens is 2. The molecule has 3 rings (SSSR count). The van der Waals surface area contributed by atoms with Crippen LogP contribution in [0.25, 0.3) is 10.9 Å². The van der Waals surface area contributed by atoms with Crippen LogP contribution in [0.4, 0.5) is 0 Å². The third kappa shape index (κ3) is 4.89. The van der Waals surface area contributed by atoms with Gasteiger partial charge in [-0.2, -0.15) is 0 Å². The fourth-order valence-corrected chi connectivity index (χ4v) is 3.71. The molecule has 10 nitrogen and oxygen atoms in total. The number of amides is 2. The van der Waals surface area contributed by atoms with Gasteiger partial charge in [-0.15, -0.1) is 0 Å². The number of carbonyl (C=O) groups is 3. The minimum atomic E-state index is -3.76. The summed E-state index contributed by atoms with van der Waals surface area (Å²) in [7, 11) is -3.76. The molecule has 0 aliphatic carbocycles. The van der Waals surface area contributed by atoms with Crippen LogP contribution in [0, 0.1) is 6.92 Å². The summed E-state index contributed by atoms with van der Waals surface area (Å²) in [6.07, 6.45) is 2.26. The number of rotatable bonds is 8. The highest BCUT2D eigenvalue weighted by Crippen LogP contribution is 2.33. The van der Waals surface area contributed by atoms with E-state index in [0.29, 0.717) is 17.8 Å². The summed E-state index contributed by atoms with van der Waals surface area (Å²) in [6, 6.07) is 11.1. The van der Waals surface area contributed by atoms with Gasteiger partial charge in [-0.1, -0.05) is 30.3 Å². The van der Waals surface area contributed by atoms with Gasteiger partial charge >= 0.3 is 0 Å². The lowest BCUT2D eigenvalue weighted by Crippen LogP contribution is -2.33. The first kappa shape index (κ1) is 22.0. The quantitative estimate of drug-likeness (QED) is 0.380. The standard InChI is InChI=1S/C20H20N4O6S/c1-12-16(18(26)19(21)27)17-14(24(12)10-13-6-4-3-5-7-13)8-9-22-20(17)30-11-15(25)23-31(2,28)29/h3-9H,10-11H2,1-2H3,(H2,21,27)(H,23,25). The molecule has 2 heterocycles. The summed E-state index contributed by atoms with van der Waals surface area (Å²) in [5, 5.41) is 0.215. The molecule has 0 spiro atoms. The van der Waals surface area contributed by atoms with Crippen LogP contribution in [0.2, 0.25) is 0 Å². The topological polar surface area (TPSA) is 150 Å². The molecule has 0 fully saturated rings. The molecule has 0 aliphatic heterocycles. The largest absolute Gasteiger partial charge is 0.467 e. The zero-order valence-corrected chi connectivity index (χ0v) is 17.6. The van der Waals surface area contributed by atoms with E-state index in [2.05, 4.69) is 4.98 Å². The molecule has 0 saturated heterocycles. The van der Waals surface area contributed by atoms with Crippen LogP contribution < -0.4 is 15.2 Å². The highest BCUT2D eigenvalue weighted by atomic mass is 32.2. The molecule has 0 unspecified atom stereocenters. The smallest absolute Gasteiger partial charge is 0.289 e. The first-order valence-electron chi connectivity index (χ1n) is 9.07. The summed E-state index contributed by atoms with van der Waals surface area (Å²) in [4.78, 5) is 40.2. The van der Waals surface area contributed by atoms with Crippen LogP contribution in [0.3, 0.4) is 0 Å². The zero-order chi connectivity index (χ0) is 22.8. The number of pyridine rings is 1. The molecule has 11 heteroatoms. The second kappa shape index (κ2) is 8.56. The molecule has 31 heavy (non-hydrogen) atoms. The van der Waals surface area contributed by atoms with E-state index in [-0.39, 0.29) is 16.8 Å². The normalized spacial score (nSPS) is 11.3. The maximum Gasteiger partial charge on any atom is 0.289 e. The van der Waals surface area contributed by atoms with E-state index in [1.807, 2.05) is 34.9 Å². The van der Waals surface area contributed by atoms with Gasteiger partial charge in [-0.05, 0) is 18.6 Å². The second-order valence-corrected chi connectivity index (χ2v) is 8.57. The van der Waals surface area contributed by atoms with Crippen molar-refractivity contribution >= 4 is 38.5 Å². The van der Waals surface area contributed by atoms with Crippen molar-refractivity contribution in [2.24, 2.45) is 5.73 Å². The summed E-state index contributed by atoms with van der Waals surface area (Å²) in [5.74, 6) is -3.08. The Morgan fingerprint density at radius 2 is 1.84 bits per heavy atom. The Labute approximate surface area is 178 Å². The number of nitrogens with one attached hydrogen (secondary N) is 1. The summed E-state index contributed by atoms with van der Waals surface area (Å²) >= 11 is 0. The maximum absolute atomic E-state index is 12.6. The Hall–Kier alpha value is -3.73. The fraction of sp³-hybridized carbons (Fsp3) is 0.200. The van der Waals surface area contributed by atoms with E-state index in [0.717, 1.165) is 11.8 Å². The number of ketones is 1. The molecule has 3 N–H and O–H groups in total. The van der Waals surface area contributed by atoms with Crippen molar-refractivity contribution in [3.8, 4) is 5.88 Å². The van der Waals surface area contributed by atoms with Crippen molar-refractivity contribution in [3.63, 3.8) is 0 Å². The Balaban J connectivity index is 2.10. The lowest BCUT2D eigenvalue weighted by molar-refractivity contribution is -0.121. The highest BCUT2D eigenvalue weighted by Gasteiger charge is 2.27. The number of benzene rings is 1. The number of Topliss-reactive ketones (excluding diaryl/α,β-unsaturated/α-hetero) is 1. The molecule has 1 aromatic carbocycles. The van der Waals surface area contributed by atoms with Gasteiger partial charge in [-0.25, -0.2) is 13.4 Å². The Morgan fingerprint density at radius 1 is 1.16 bits per heavy atom. The number of fused-ring (bicyclic) bond motifs is 1. The molecule has 0 bridgehead atoms.